The van der Waals surface area contributed by atoms with Crippen LogP contribution in [-0.4, -0.2) is 28.0 Å². The van der Waals surface area contributed by atoms with Gasteiger partial charge in [-0.25, -0.2) is 0 Å². The molecule has 0 spiro atoms. The summed E-state index contributed by atoms with van der Waals surface area (Å²) in [6.07, 6.45) is 3.06. The Bertz CT molecular complexity index is 734. The maximum Gasteiger partial charge on any atom is 0.253 e. The Morgan fingerprint density at radius 2 is 1.78 bits per heavy atom. The Hall–Kier alpha value is -2.67. The Morgan fingerprint density at radius 1 is 1.13 bits per heavy atom. The lowest BCUT2D eigenvalue weighted by Gasteiger charge is -2.12. The molecule has 0 saturated heterocycles. The van der Waals surface area contributed by atoms with E-state index in [0.717, 1.165) is 11.8 Å². The van der Waals surface area contributed by atoms with E-state index in [9.17, 15) is 14.4 Å². The van der Waals surface area contributed by atoms with Crippen LogP contribution in [0, 0.1) is 0 Å². The molecule has 0 aliphatic carbocycles. The van der Waals surface area contributed by atoms with Gasteiger partial charge >= 0.3 is 0 Å². The van der Waals surface area contributed by atoms with Gasteiger partial charge in [0.2, 0.25) is 11.0 Å². The molecule has 3 N–H and O–H groups in total. The quantitative estimate of drug-likeness (QED) is 0.812. The summed E-state index contributed by atoms with van der Waals surface area (Å²) in [7, 11) is 0. The highest BCUT2D eigenvalue weighted by Gasteiger charge is 2.18. The van der Waals surface area contributed by atoms with Crippen LogP contribution in [0.5, 0.6) is 0 Å². The van der Waals surface area contributed by atoms with E-state index in [0.29, 0.717) is 16.0 Å². The monoisotopic (exact) mass is 329 g/mol. The molecule has 0 unspecified atom stereocenters. The first-order valence-corrected chi connectivity index (χ1v) is 7.62. The topological polar surface area (TPSA) is 102 Å². The lowest BCUT2D eigenvalue weighted by molar-refractivity contribution is -0.119. The van der Waals surface area contributed by atoms with Gasteiger partial charge < -0.3 is 11.1 Å². The number of rotatable bonds is 5. The van der Waals surface area contributed by atoms with Gasteiger partial charge in [0, 0.05) is 22.9 Å². The van der Waals surface area contributed by atoms with E-state index in [1.807, 2.05) is 0 Å². The third-order valence-electron chi connectivity index (χ3n) is 3.02. The van der Waals surface area contributed by atoms with E-state index in [2.05, 4.69) is 10.3 Å². The Kier molecular flexibility index (Phi) is 5.48. The third kappa shape index (κ3) is 4.40. The first-order valence-electron chi connectivity index (χ1n) is 6.80. The summed E-state index contributed by atoms with van der Waals surface area (Å²) in [4.78, 5) is 39.9. The number of amides is 2. The maximum atomic E-state index is 12.2. The fraction of sp³-hybridized carbons (Fsp3) is 0.125. The van der Waals surface area contributed by atoms with Crippen LogP contribution in [0.2, 0.25) is 0 Å². The van der Waals surface area contributed by atoms with Crippen molar-refractivity contribution >= 4 is 28.7 Å². The second-order valence-electron chi connectivity index (χ2n) is 4.72. The van der Waals surface area contributed by atoms with Gasteiger partial charge in [0.25, 0.3) is 5.91 Å². The zero-order chi connectivity index (χ0) is 16.8. The van der Waals surface area contributed by atoms with E-state index in [1.165, 1.54) is 19.3 Å². The number of benzene rings is 1. The van der Waals surface area contributed by atoms with Crippen LogP contribution in [-0.2, 0) is 4.79 Å². The molecule has 0 radical (unpaired) electrons. The number of aromatic nitrogens is 1. The molecule has 1 aromatic heterocycles. The van der Waals surface area contributed by atoms with Gasteiger partial charge in [-0.2, -0.15) is 0 Å². The number of nitrogens with one attached hydrogen (secondary N) is 1. The second-order valence-corrected chi connectivity index (χ2v) is 5.73. The molecule has 1 aromatic carbocycles. The molecule has 1 atom stereocenters. The number of nitrogens with zero attached hydrogens (tertiary/aromatic N) is 1. The molecular formula is C16H15N3O3S. The summed E-state index contributed by atoms with van der Waals surface area (Å²) in [5, 5.41) is 2.30. The van der Waals surface area contributed by atoms with E-state index in [-0.39, 0.29) is 5.12 Å². The molecule has 0 aliphatic rings. The van der Waals surface area contributed by atoms with Gasteiger partial charge in [-0.15, -0.1) is 0 Å². The molecular weight excluding hydrogens is 314 g/mol. The van der Waals surface area contributed by atoms with Crippen molar-refractivity contribution < 1.29 is 14.4 Å². The Labute approximate surface area is 137 Å². The number of nitrogens with two attached hydrogens (primary N) is 1. The number of primary amides is 1. The minimum atomic E-state index is -0.795. The normalized spacial score (nSPS) is 11.5. The average molecular weight is 329 g/mol. The van der Waals surface area contributed by atoms with Crippen molar-refractivity contribution in [3.05, 3.63) is 59.9 Å². The van der Waals surface area contributed by atoms with Crippen molar-refractivity contribution in [2.75, 3.05) is 0 Å². The van der Waals surface area contributed by atoms with Crippen molar-refractivity contribution in [3.8, 4) is 0 Å². The number of pyridine rings is 1. The largest absolute Gasteiger partial charge is 0.368 e. The van der Waals surface area contributed by atoms with Crippen molar-refractivity contribution in [2.24, 2.45) is 5.73 Å². The Morgan fingerprint density at radius 3 is 2.43 bits per heavy atom. The number of carbonyl (C=O) groups excluding carboxylic acids is 3. The fourth-order valence-electron chi connectivity index (χ4n) is 1.74. The minimum Gasteiger partial charge on any atom is -0.368 e. The van der Waals surface area contributed by atoms with E-state index in [4.69, 9.17) is 5.73 Å². The molecule has 0 fully saturated rings. The minimum absolute atomic E-state index is 0.199. The van der Waals surface area contributed by atoms with Crippen LogP contribution in [0.1, 0.15) is 27.6 Å². The second kappa shape index (κ2) is 7.55. The van der Waals surface area contributed by atoms with Crippen LogP contribution < -0.4 is 11.1 Å². The van der Waals surface area contributed by atoms with Gasteiger partial charge in [-0.1, -0.05) is 12.1 Å². The van der Waals surface area contributed by atoms with Crippen LogP contribution in [0.15, 0.2) is 53.7 Å². The fourth-order valence-corrected chi connectivity index (χ4v) is 2.61. The lowest BCUT2D eigenvalue weighted by atomic mass is 10.2. The molecule has 0 saturated carbocycles. The van der Waals surface area contributed by atoms with Crippen molar-refractivity contribution in [1.29, 1.82) is 0 Å². The molecule has 118 valence electrons. The van der Waals surface area contributed by atoms with Crippen LogP contribution in [0.4, 0.5) is 0 Å². The van der Waals surface area contributed by atoms with Crippen molar-refractivity contribution in [3.63, 3.8) is 0 Å². The first-order chi connectivity index (χ1) is 11.0. The van der Waals surface area contributed by atoms with Crippen LogP contribution >= 0.6 is 11.8 Å². The molecule has 6 nitrogen and oxygen atoms in total. The molecule has 2 rings (SSSR count). The van der Waals surface area contributed by atoms with Gasteiger partial charge in [0.05, 0.1) is 5.56 Å². The van der Waals surface area contributed by atoms with Crippen molar-refractivity contribution in [1.82, 2.24) is 10.3 Å². The maximum absolute atomic E-state index is 12.2. The van der Waals surface area contributed by atoms with Crippen LogP contribution in [0.3, 0.4) is 0 Å². The molecule has 7 heteroatoms. The summed E-state index contributed by atoms with van der Waals surface area (Å²) in [5.74, 6) is -1.08. The SMILES string of the molecule is C[C@H](NC(=O)c1ccccc1SC(=O)c1ccncc1)C(N)=O. The Balaban J connectivity index is 2.19. The number of carbonyl (C=O) groups is 3. The van der Waals surface area contributed by atoms with E-state index < -0.39 is 17.9 Å². The summed E-state index contributed by atoms with van der Waals surface area (Å²) < 4.78 is 0. The smallest absolute Gasteiger partial charge is 0.253 e. The highest BCUT2D eigenvalue weighted by molar-refractivity contribution is 8.14. The molecule has 2 amide bonds. The van der Waals surface area contributed by atoms with Crippen LogP contribution in [0.25, 0.3) is 0 Å². The molecule has 1 heterocycles. The van der Waals surface area contributed by atoms with Gasteiger partial charge in [-0.3, -0.25) is 19.4 Å². The predicted molar refractivity (Wildman–Crippen MR) is 87.0 cm³/mol. The van der Waals surface area contributed by atoms with Gasteiger partial charge in [0.15, 0.2) is 0 Å². The standard InChI is InChI=1S/C16H15N3O3S/c1-10(14(17)20)19-15(21)12-4-2-3-5-13(12)23-16(22)11-6-8-18-9-7-11/h2-10H,1H3,(H2,17,20)(H,19,21)/t10-/m0/s1. The molecule has 0 bridgehead atoms. The van der Waals surface area contributed by atoms with E-state index in [1.54, 1.807) is 36.4 Å². The molecule has 0 aliphatic heterocycles. The zero-order valence-corrected chi connectivity index (χ0v) is 13.2. The summed E-state index contributed by atoms with van der Waals surface area (Å²) in [6, 6.07) is 9.09. The average Bonchev–Trinajstić information content (AvgIpc) is 2.55. The van der Waals surface area contributed by atoms with Gasteiger partial charge in [0.1, 0.15) is 6.04 Å². The number of hydrogen-bond acceptors (Lipinski definition) is 5. The van der Waals surface area contributed by atoms with Gasteiger partial charge in [-0.05, 0) is 43.0 Å². The zero-order valence-electron chi connectivity index (χ0n) is 12.4. The summed E-state index contributed by atoms with van der Waals surface area (Å²) >= 11 is 0.943. The summed E-state index contributed by atoms with van der Waals surface area (Å²) in [5.41, 5.74) is 5.94. The predicted octanol–water partition coefficient (Wildman–Crippen LogP) is 1.62. The molecule has 2 aromatic rings. The number of hydrogen-bond donors (Lipinski definition) is 2. The first kappa shape index (κ1) is 16.7. The molecule has 23 heavy (non-hydrogen) atoms. The third-order valence-corrected chi connectivity index (χ3v) is 4.02. The lowest BCUT2D eigenvalue weighted by Crippen LogP contribution is -2.42. The highest BCUT2D eigenvalue weighted by Crippen LogP contribution is 2.26. The van der Waals surface area contributed by atoms with Crippen molar-refractivity contribution in [2.45, 2.75) is 17.9 Å². The van der Waals surface area contributed by atoms with E-state index >= 15 is 0 Å². The highest BCUT2D eigenvalue weighted by atomic mass is 32.2. The number of thioether (sulfide) groups is 1. The summed E-state index contributed by atoms with van der Waals surface area (Å²) in [6.45, 7) is 1.50.